The van der Waals surface area contributed by atoms with Crippen LogP contribution < -0.4 is 5.32 Å². The quantitative estimate of drug-likeness (QED) is 0.660. The molecule has 2 unspecified atom stereocenters. The molecule has 7 nitrogen and oxygen atoms in total. The van der Waals surface area contributed by atoms with E-state index in [4.69, 9.17) is 4.74 Å². The number of alkyl carbamates (subject to hydrolysis) is 1. The first-order chi connectivity index (χ1) is 15.9. The first-order valence-electron chi connectivity index (χ1n) is 11.5. The number of ether oxygens (including phenoxy) is 1. The van der Waals surface area contributed by atoms with E-state index in [1.54, 1.807) is 6.92 Å². The Morgan fingerprint density at radius 1 is 1.09 bits per heavy atom. The number of carbonyl (C=O) groups is 3. The van der Waals surface area contributed by atoms with Crippen molar-refractivity contribution in [3.63, 3.8) is 0 Å². The number of hydrogen-bond acceptors (Lipinski definition) is 4. The average Bonchev–Trinajstić information content (AvgIpc) is 3.41. The van der Waals surface area contributed by atoms with Crippen molar-refractivity contribution in [2.24, 2.45) is 0 Å². The monoisotopic (exact) mass is 450 g/mol. The lowest BCUT2D eigenvalue weighted by Gasteiger charge is -2.34. The van der Waals surface area contributed by atoms with Crippen LogP contribution in [0.2, 0.25) is 0 Å². The Morgan fingerprint density at radius 3 is 2.27 bits per heavy atom. The third-order valence-electron chi connectivity index (χ3n) is 6.74. The van der Waals surface area contributed by atoms with Crippen molar-refractivity contribution in [3.8, 4) is 11.1 Å². The maximum atomic E-state index is 13.3. The minimum atomic E-state index is -1.23. The van der Waals surface area contributed by atoms with Gasteiger partial charge in [0, 0.05) is 12.5 Å². The summed E-state index contributed by atoms with van der Waals surface area (Å²) in [4.78, 5) is 39.1. The lowest BCUT2D eigenvalue weighted by atomic mass is 9.94. The van der Waals surface area contributed by atoms with Crippen LogP contribution in [0.5, 0.6) is 0 Å². The van der Waals surface area contributed by atoms with E-state index in [0.29, 0.717) is 32.2 Å². The molecule has 0 saturated carbocycles. The zero-order chi connectivity index (χ0) is 23.6. The number of rotatable bonds is 7. The van der Waals surface area contributed by atoms with Gasteiger partial charge < -0.3 is 20.1 Å². The summed E-state index contributed by atoms with van der Waals surface area (Å²) in [5.74, 6) is -1.46. The van der Waals surface area contributed by atoms with Crippen LogP contribution in [0.3, 0.4) is 0 Å². The molecule has 2 aromatic carbocycles. The molecule has 0 bridgehead atoms. The first kappa shape index (κ1) is 22.8. The molecule has 0 spiro atoms. The van der Waals surface area contributed by atoms with Crippen LogP contribution in [0.25, 0.3) is 11.1 Å². The number of benzene rings is 2. The van der Waals surface area contributed by atoms with Gasteiger partial charge in [0.2, 0.25) is 5.91 Å². The van der Waals surface area contributed by atoms with Gasteiger partial charge in [-0.2, -0.15) is 0 Å². The number of carboxylic acid groups (broad SMARTS) is 1. The maximum absolute atomic E-state index is 13.3. The van der Waals surface area contributed by atoms with E-state index in [2.05, 4.69) is 17.4 Å². The second-order valence-corrected chi connectivity index (χ2v) is 9.03. The van der Waals surface area contributed by atoms with Crippen molar-refractivity contribution in [2.45, 2.75) is 57.0 Å². The fraction of sp³-hybridized carbons (Fsp3) is 0.423. The van der Waals surface area contributed by atoms with Crippen LogP contribution in [0.1, 0.15) is 56.6 Å². The lowest BCUT2D eigenvalue weighted by molar-refractivity contribution is -0.150. The van der Waals surface area contributed by atoms with Gasteiger partial charge in [-0.1, -0.05) is 61.9 Å². The fourth-order valence-corrected chi connectivity index (χ4v) is 5.17. The topological polar surface area (TPSA) is 95.9 Å². The molecule has 0 aromatic heterocycles. The second-order valence-electron chi connectivity index (χ2n) is 9.03. The highest BCUT2D eigenvalue weighted by Crippen LogP contribution is 2.44. The Morgan fingerprint density at radius 2 is 1.70 bits per heavy atom. The fourth-order valence-electron chi connectivity index (χ4n) is 5.17. The van der Waals surface area contributed by atoms with Gasteiger partial charge in [-0.3, -0.25) is 4.79 Å². The van der Waals surface area contributed by atoms with E-state index < -0.39 is 23.6 Å². The Bertz CT molecular complexity index is 1020. The highest BCUT2D eigenvalue weighted by atomic mass is 16.5. The molecule has 33 heavy (non-hydrogen) atoms. The number of aliphatic carboxylic acids is 1. The highest BCUT2D eigenvalue weighted by molar-refractivity contribution is 5.93. The van der Waals surface area contributed by atoms with Crippen molar-refractivity contribution in [1.29, 1.82) is 0 Å². The Labute approximate surface area is 193 Å². The van der Waals surface area contributed by atoms with Gasteiger partial charge in [-0.05, 0) is 48.4 Å². The van der Waals surface area contributed by atoms with Gasteiger partial charge in [0.05, 0.1) is 0 Å². The van der Waals surface area contributed by atoms with Gasteiger partial charge in [0.1, 0.15) is 18.2 Å². The Hall–Kier alpha value is -3.35. The van der Waals surface area contributed by atoms with Gasteiger partial charge in [0.25, 0.3) is 0 Å². The summed E-state index contributed by atoms with van der Waals surface area (Å²) < 4.78 is 5.63. The molecule has 1 aliphatic carbocycles. The van der Waals surface area contributed by atoms with E-state index in [0.717, 1.165) is 22.3 Å². The molecule has 1 heterocycles. The maximum Gasteiger partial charge on any atom is 0.408 e. The molecule has 0 radical (unpaired) electrons. The minimum absolute atomic E-state index is 0.0775. The van der Waals surface area contributed by atoms with Crippen molar-refractivity contribution < 1.29 is 24.2 Å². The van der Waals surface area contributed by atoms with Crippen molar-refractivity contribution in [3.05, 3.63) is 59.7 Å². The smallest absolute Gasteiger partial charge is 0.408 e. The van der Waals surface area contributed by atoms with E-state index in [9.17, 15) is 19.5 Å². The number of hydrogen-bond donors (Lipinski definition) is 2. The normalized spacial score (nSPS) is 18.8. The standard InChI is InChI=1S/C26H30N2O5/c1-3-14-26(2,24(31)28-15-8-13-22(28)23(29)30)27-25(32)33-16-21-19-11-6-4-9-17(19)18-10-5-7-12-20(18)21/h4-7,9-12,21-22H,3,8,13-16H2,1-2H3,(H,27,32)(H,29,30). The lowest BCUT2D eigenvalue weighted by Crippen LogP contribution is -2.59. The highest BCUT2D eigenvalue weighted by Gasteiger charge is 2.44. The summed E-state index contributed by atoms with van der Waals surface area (Å²) in [5.41, 5.74) is 3.28. The SMILES string of the molecule is CCCC(C)(NC(=O)OCC1c2ccccc2-c2ccccc21)C(=O)N1CCCC1C(=O)O. The molecular formula is C26H30N2O5. The van der Waals surface area contributed by atoms with Crippen LogP contribution in [-0.4, -0.2) is 52.7 Å². The van der Waals surface area contributed by atoms with Gasteiger partial charge in [0.15, 0.2) is 0 Å². The predicted molar refractivity (Wildman–Crippen MR) is 124 cm³/mol. The number of amides is 2. The summed E-state index contributed by atoms with van der Waals surface area (Å²) in [5, 5.41) is 12.2. The van der Waals surface area contributed by atoms with E-state index in [-0.39, 0.29) is 18.4 Å². The zero-order valence-electron chi connectivity index (χ0n) is 19.0. The molecule has 7 heteroatoms. The summed E-state index contributed by atoms with van der Waals surface area (Å²) in [6.45, 7) is 4.10. The Balaban J connectivity index is 1.47. The van der Waals surface area contributed by atoms with Gasteiger partial charge in [-0.25, -0.2) is 9.59 Å². The molecule has 2 N–H and O–H groups in total. The molecule has 2 aromatic rings. The first-order valence-corrected chi connectivity index (χ1v) is 11.5. The molecule has 4 rings (SSSR count). The average molecular weight is 451 g/mol. The molecule has 174 valence electrons. The number of nitrogens with one attached hydrogen (secondary N) is 1. The van der Waals surface area contributed by atoms with Crippen LogP contribution in [0.15, 0.2) is 48.5 Å². The van der Waals surface area contributed by atoms with Crippen LogP contribution in [-0.2, 0) is 14.3 Å². The number of fused-ring (bicyclic) bond motifs is 3. The summed E-state index contributed by atoms with van der Waals surface area (Å²) >= 11 is 0. The minimum Gasteiger partial charge on any atom is -0.480 e. The number of carboxylic acids is 1. The van der Waals surface area contributed by atoms with Crippen LogP contribution in [0, 0.1) is 0 Å². The molecular weight excluding hydrogens is 420 g/mol. The summed E-state index contributed by atoms with van der Waals surface area (Å²) in [6.07, 6.45) is 1.42. The van der Waals surface area contributed by atoms with E-state index in [1.807, 2.05) is 43.3 Å². The third kappa shape index (κ3) is 4.32. The van der Waals surface area contributed by atoms with Gasteiger partial charge >= 0.3 is 12.1 Å². The Kier molecular flexibility index (Phi) is 6.40. The molecule has 2 atom stereocenters. The summed E-state index contributed by atoms with van der Waals surface area (Å²) in [6, 6.07) is 15.3. The number of nitrogens with zero attached hydrogens (tertiary/aromatic N) is 1. The molecule has 1 aliphatic heterocycles. The second kappa shape index (κ2) is 9.25. The largest absolute Gasteiger partial charge is 0.480 e. The third-order valence-corrected chi connectivity index (χ3v) is 6.74. The van der Waals surface area contributed by atoms with Crippen LogP contribution >= 0.6 is 0 Å². The van der Waals surface area contributed by atoms with Gasteiger partial charge in [-0.15, -0.1) is 0 Å². The molecule has 1 saturated heterocycles. The number of carbonyl (C=O) groups excluding carboxylic acids is 2. The predicted octanol–water partition coefficient (Wildman–Crippen LogP) is 4.16. The molecule has 2 amide bonds. The summed E-state index contributed by atoms with van der Waals surface area (Å²) in [7, 11) is 0. The van der Waals surface area contributed by atoms with Crippen molar-refractivity contribution >= 4 is 18.0 Å². The van der Waals surface area contributed by atoms with Crippen molar-refractivity contribution in [2.75, 3.05) is 13.2 Å². The number of likely N-dealkylation sites (tertiary alicyclic amines) is 1. The van der Waals surface area contributed by atoms with E-state index in [1.165, 1.54) is 4.90 Å². The molecule has 1 fully saturated rings. The van der Waals surface area contributed by atoms with E-state index >= 15 is 0 Å². The zero-order valence-corrected chi connectivity index (χ0v) is 19.0. The van der Waals surface area contributed by atoms with Crippen LogP contribution in [0.4, 0.5) is 4.79 Å². The van der Waals surface area contributed by atoms with Crippen molar-refractivity contribution in [1.82, 2.24) is 10.2 Å². The molecule has 2 aliphatic rings.